The summed E-state index contributed by atoms with van der Waals surface area (Å²) in [7, 11) is 0. The van der Waals surface area contributed by atoms with Crippen molar-refractivity contribution in [1.82, 2.24) is 10.3 Å². The first kappa shape index (κ1) is 16.5. The lowest BCUT2D eigenvalue weighted by Crippen LogP contribution is -2.25. The maximum absolute atomic E-state index is 12.1. The van der Waals surface area contributed by atoms with Crippen molar-refractivity contribution in [2.24, 2.45) is 0 Å². The molecule has 20 heavy (non-hydrogen) atoms. The monoisotopic (exact) mass is 277 g/mol. The fourth-order valence-electron chi connectivity index (χ4n) is 2.13. The molecule has 0 spiro atoms. The molecule has 0 aliphatic carbocycles. The van der Waals surface area contributed by atoms with Crippen LogP contribution < -0.4 is 10.6 Å². The Morgan fingerprint density at radius 2 is 1.90 bits per heavy atom. The summed E-state index contributed by atoms with van der Waals surface area (Å²) >= 11 is 0. The number of pyridine rings is 1. The van der Waals surface area contributed by atoms with Crippen molar-refractivity contribution in [3.05, 3.63) is 24.0 Å². The van der Waals surface area contributed by atoms with Crippen molar-refractivity contribution >= 4 is 11.6 Å². The third-order valence-corrected chi connectivity index (χ3v) is 3.25. The fourth-order valence-corrected chi connectivity index (χ4v) is 2.13. The summed E-state index contributed by atoms with van der Waals surface area (Å²) in [6.45, 7) is 5.75. The Kier molecular flexibility index (Phi) is 8.43. The van der Waals surface area contributed by atoms with Gasteiger partial charge in [0.25, 0.3) is 5.91 Å². The summed E-state index contributed by atoms with van der Waals surface area (Å²) in [5, 5.41) is 6.14. The Morgan fingerprint density at radius 3 is 2.65 bits per heavy atom. The number of anilines is 1. The molecule has 0 saturated heterocycles. The number of amides is 1. The summed E-state index contributed by atoms with van der Waals surface area (Å²) < 4.78 is 0. The SMILES string of the molecule is CCCCCCCCNC(=O)c1ccncc1NCC. The number of nitrogens with zero attached hydrogens (tertiary/aromatic N) is 1. The maximum atomic E-state index is 12.1. The Balaban J connectivity index is 2.29. The second kappa shape index (κ2) is 10.2. The topological polar surface area (TPSA) is 54.0 Å². The van der Waals surface area contributed by atoms with Gasteiger partial charge in [0.15, 0.2) is 0 Å². The molecule has 0 aliphatic heterocycles. The molecule has 1 aromatic rings. The van der Waals surface area contributed by atoms with Gasteiger partial charge in [-0.2, -0.15) is 0 Å². The van der Waals surface area contributed by atoms with Crippen molar-refractivity contribution in [3.63, 3.8) is 0 Å². The third kappa shape index (κ3) is 6.04. The molecule has 4 nitrogen and oxygen atoms in total. The lowest BCUT2D eigenvalue weighted by molar-refractivity contribution is 0.0953. The molecule has 0 aliphatic rings. The molecule has 1 rings (SSSR count). The van der Waals surface area contributed by atoms with Gasteiger partial charge in [-0.25, -0.2) is 0 Å². The normalized spacial score (nSPS) is 10.3. The van der Waals surface area contributed by atoms with Gasteiger partial charge in [-0.15, -0.1) is 0 Å². The van der Waals surface area contributed by atoms with Gasteiger partial charge in [0.2, 0.25) is 0 Å². The highest BCUT2D eigenvalue weighted by Gasteiger charge is 2.09. The van der Waals surface area contributed by atoms with Crippen LogP contribution in [0.1, 0.15) is 62.7 Å². The van der Waals surface area contributed by atoms with Gasteiger partial charge in [-0.05, 0) is 19.4 Å². The van der Waals surface area contributed by atoms with E-state index in [1.807, 2.05) is 6.92 Å². The molecule has 1 heterocycles. The van der Waals surface area contributed by atoms with Crippen LogP contribution in [-0.4, -0.2) is 24.0 Å². The molecule has 0 fully saturated rings. The molecule has 1 amide bonds. The fraction of sp³-hybridized carbons (Fsp3) is 0.625. The van der Waals surface area contributed by atoms with Gasteiger partial charge in [0.1, 0.15) is 0 Å². The zero-order chi connectivity index (χ0) is 14.6. The molecule has 0 radical (unpaired) electrons. The summed E-state index contributed by atoms with van der Waals surface area (Å²) in [5.41, 5.74) is 1.48. The quantitative estimate of drug-likeness (QED) is 0.642. The van der Waals surface area contributed by atoms with Gasteiger partial charge in [-0.3, -0.25) is 9.78 Å². The highest BCUT2D eigenvalue weighted by Crippen LogP contribution is 2.12. The molecular weight excluding hydrogens is 250 g/mol. The zero-order valence-electron chi connectivity index (χ0n) is 12.7. The Morgan fingerprint density at radius 1 is 1.15 bits per heavy atom. The lowest BCUT2D eigenvalue weighted by Gasteiger charge is -2.10. The first-order valence-corrected chi connectivity index (χ1v) is 7.75. The number of carbonyl (C=O) groups excluding carboxylic acids is 1. The van der Waals surface area contributed by atoms with Crippen molar-refractivity contribution in [1.29, 1.82) is 0 Å². The number of carbonyl (C=O) groups is 1. The van der Waals surface area contributed by atoms with E-state index >= 15 is 0 Å². The number of aromatic nitrogens is 1. The number of hydrogen-bond acceptors (Lipinski definition) is 3. The Hall–Kier alpha value is -1.58. The smallest absolute Gasteiger partial charge is 0.253 e. The number of nitrogens with one attached hydrogen (secondary N) is 2. The van der Waals surface area contributed by atoms with Crippen LogP contribution in [0.15, 0.2) is 18.5 Å². The van der Waals surface area contributed by atoms with Crippen LogP contribution in [0.3, 0.4) is 0 Å². The minimum absolute atomic E-state index is 0.0168. The summed E-state index contributed by atoms with van der Waals surface area (Å²) in [5.74, 6) is -0.0168. The van der Waals surface area contributed by atoms with Gasteiger partial charge in [0, 0.05) is 19.3 Å². The number of hydrogen-bond donors (Lipinski definition) is 2. The highest BCUT2D eigenvalue weighted by molar-refractivity contribution is 5.99. The average molecular weight is 277 g/mol. The molecule has 2 N–H and O–H groups in total. The van der Waals surface area contributed by atoms with Crippen LogP contribution in [0.5, 0.6) is 0 Å². The molecule has 1 aromatic heterocycles. The largest absolute Gasteiger partial charge is 0.383 e. The Bertz CT molecular complexity index is 393. The minimum atomic E-state index is -0.0168. The second-order valence-electron chi connectivity index (χ2n) is 4.98. The Labute approximate surface area is 122 Å². The first-order valence-electron chi connectivity index (χ1n) is 7.75. The lowest BCUT2D eigenvalue weighted by atomic mass is 10.1. The van der Waals surface area contributed by atoms with E-state index in [0.29, 0.717) is 5.56 Å². The summed E-state index contributed by atoms with van der Waals surface area (Å²) in [6, 6.07) is 1.76. The minimum Gasteiger partial charge on any atom is -0.383 e. The van der Waals surface area contributed by atoms with E-state index in [1.165, 1.54) is 32.1 Å². The van der Waals surface area contributed by atoms with Gasteiger partial charge in [0.05, 0.1) is 17.4 Å². The van der Waals surface area contributed by atoms with E-state index in [-0.39, 0.29) is 5.91 Å². The molecule has 0 saturated carbocycles. The van der Waals surface area contributed by atoms with Gasteiger partial charge >= 0.3 is 0 Å². The van der Waals surface area contributed by atoms with Crippen molar-refractivity contribution < 1.29 is 4.79 Å². The second-order valence-corrected chi connectivity index (χ2v) is 4.98. The summed E-state index contributed by atoms with van der Waals surface area (Å²) in [6.07, 6.45) is 10.7. The van der Waals surface area contributed by atoms with Crippen molar-refractivity contribution in [2.75, 3.05) is 18.4 Å². The standard InChI is InChI=1S/C16H27N3O/c1-3-5-6-7-8-9-11-19-16(20)14-10-12-17-13-15(14)18-4-2/h10,12-13,18H,3-9,11H2,1-2H3,(H,19,20). The molecule has 0 bridgehead atoms. The molecule has 112 valence electrons. The van der Waals surface area contributed by atoms with Gasteiger partial charge < -0.3 is 10.6 Å². The zero-order valence-corrected chi connectivity index (χ0v) is 12.7. The van der Waals surface area contributed by atoms with Crippen LogP contribution in [0.2, 0.25) is 0 Å². The summed E-state index contributed by atoms with van der Waals surface area (Å²) in [4.78, 5) is 16.1. The average Bonchev–Trinajstić information content (AvgIpc) is 2.47. The highest BCUT2D eigenvalue weighted by atomic mass is 16.1. The van der Waals surface area contributed by atoms with E-state index in [1.54, 1.807) is 18.5 Å². The van der Waals surface area contributed by atoms with E-state index in [2.05, 4.69) is 22.5 Å². The molecule has 4 heteroatoms. The van der Waals surface area contributed by atoms with Crippen LogP contribution in [-0.2, 0) is 0 Å². The number of unbranched alkanes of at least 4 members (excludes halogenated alkanes) is 5. The number of rotatable bonds is 10. The van der Waals surface area contributed by atoms with E-state index < -0.39 is 0 Å². The molecular formula is C16H27N3O. The van der Waals surface area contributed by atoms with Crippen molar-refractivity contribution in [3.8, 4) is 0 Å². The van der Waals surface area contributed by atoms with Crippen LogP contribution >= 0.6 is 0 Å². The van der Waals surface area contributed by atoms with E-state index in [0.717, 1.165) is 25.2 Å². The predicted octanol–water partition coefficient (Wildman–Crippen LogP) is 3.60. The molecule has 0 unspecified atom stereocenters. The van der Waals surface area contributed by atoms with Crippen LogP contribution in [0, 0.1) is 0 Å². The third-order valence-electron chi connectivity index (χ3n) is 3.25. The van der Waals surface area contributed by atoms with E-state index in [9.17, 15) is 4.79 Å². The van der Waals surface area contributed by atoms with Crippen molar-refractivity contribution in [2.45, 2.75) is 52.4 Å². The molecule has 0 aromatic carbocycles. The maximum Gasteiger partial charge on any atom is 0.253 e. The van der Waals surface area contributed by atoms with Crippen LogP contribution in [0.4, 0.5) is 5.69 Å². The molecule has 0 atom stereocenters. The first-order chi connectivity index (χ1) is 9.79. The van der Waals surface area contributed by atoms with E-state index in [4.69, 9.17) is 0 Å². The predicted molar refractivity (Wildman–Crippen MR) is 84.1 cm³/mol. The van der Waals surface area contributed by atoms with Gasteiger partial charge in [-0.1, -0.05) is 39.0 Å². The van der Waals surface area contributed by atoms with Crippen LogP contribution in [0.25, 0.3) is 0 Å².